The van der Waals surface area contributed by atoms with Crippen LogP contribution < -0.4 is 15.0 Å². The highest BCUT2D eigenvalue weighted by Crippen LogP contribution is 2.33. The fraction of sp³-hybridized carbons (Fsp3) is 0.184. The summed E-state index contributed by atoms with van der Waals surface area (Å²) in [6, 6.07) is 31.2. The van der Waals surface area contributed by atoms with Crippen molar-refractivity contribution in [3.63, 3.8) is 0 Å². The van der Waals surface area contributed by atoms with Crippen molar-refractivity contribution in [1.82, 2.24) is 0 Å². The van der Waals surface area contributed by atoms with Gasteiger partial charge >= 0.3 is 0 Å². The molecule has 2 N–H and O–H groups in total. The first-order chi connectivity index (χ1) is 22.3. The molecule has 0 aliphatic heterocycles. The van der Waals surface area contributed by atoms with Crippen LogP contribution in [-0.4, -0.2) is 38.4 Å². The second-order valence-electron chi connectivity index (χ2n) is 10.7. The molecule has 46 heavy (non-hydrogen) atoms. The van der Waals surface area contributed by atoms with Crippen LogP contribution in [0.3, 0.4) is 0 Å². The molecule has 7 nitrogen and oxygen atoms in total. The van der Waals surface area contributed by atoms with Gasteiger partial charge in [-0.25, -0.2) is 0 Å². The lowest BCUT2D eigenvalue weighted by atomic mass is 9.90. The van der Waals surface area contributed by atoms with Gasteiger partial charge in [0.25, 0.3) is 10.1 Å². The lowest BCUT2D eigenvalue weighted by Crippen LogP contribution is -2.22. The minimum absolute atomic E-state index is 0.103. The second-order valence-corrected chi connectivity index (χ2v) is 12.2. The molecule has 5 rings (SSSR count). The third-order valence-electron chi connectivity index (χ3n) is 7.60. The summed E-state index contributed by atoms with van der Waals surface area (Å²) in [5.74, 6) is 0.847. The monoisotopic (exact) mass is 633 g/mol. The molecule has 0 radical (unpaired) electrons. The van der Waals surface area contributed by atoms with E-state index in [0.29, 0.717) is 13.2 Å². The summed E-state index contributed by atoms with van der Waals surface area (Å²) in [7, 11) is -4.26. The number of anilines is 3. The van der Waals surface area contributed by atoms with Gasteiger partial charge in [0.15, 0.2) is 0 Å². The van der Waals surface area contributed by atoms with Gasteiger partial charge in [-0.2, -0.15) is 8.42 Å². The Labute approximate surface area is 272 Å². The molecule has 0 unspecified atom stereocenters. The fourth-order valence-electron chi connectivity index (χ4n) is 5.35. The summed E-state index contributed by atoms with van der Waals surface area (Å²) in [5.41, 5.74) is 9.07. The van der Waals surface area contributed by atoms with Gasteiger partial charge in [0, 0.05) is 36.7 Å². The predicted molar refractivity (Wildman–Crippen MR) is 189 cm³/mol. The van der Waals surface area contributed by atoms with Crippen molar-refractivity contribution in [2.45, 2.75) is 32.2 Å². The molecule has 0 spiro atoms. The van der Waals surface area contributed by atoms with Gasteiger partial charge < -0.3 is 15.0 Å². The molecule has 4 aromatic rings. The van der Waals surface area contributed by atoms with Crippen LogP contribution >= 0.6 is 0 Å². The van der Waals surface area contributed by atoms with Crippen molar-refractivity contribution < 1.29 is 17.7 Å². The fourth-order valence-corrected chi connectivity index (χ4v) is 5.90. The molecule has 0 amide bonds. The number of rotatable bonds is 12. The highest BCUT2D eigenvalue weighted by Gasteiger charge is 2.15. The van der Waals surface area contributed by atoms with E-state index in [9.17, 15) is 13.0 Å². The van der Waals surface area contributed by atoms with Crippen LogP contribution in [0.15, 0.2) is 137 Å². The number of nitrogens with one attached hydrogen (secondary N) is 1. The minimum Gasteiger partial charge on any atom is -0.494 e. The Morgan fingerprint density at radius 1 is 0.804 bits per heavy atom. The number of allylic oxidation sites excluding steroid dienone is 5. The maximum atomic E-state index is 11.7. The van der Waals surface area contributed by atoms with E-state index in [0.717, 1.165) is 69.4 Å². The zero-order valence-electron chi connectivity index (χ0n) is 26.4. The van der Waals surface area contributed by atoms with Gasteiger partial charge in [0.05, 0.1) is 17.2 Å². The maximum Gasteiger partial charge on any atom is 0.294 e. The molecule has 0 saturated carbocycles. The number of hydrogen-bond acceptors (Lipinski definition) is 6. The Bertz CT molecular complexity index is 1860. The highest BCUT2D eigenvalue weighted by atomic mass is 32.2. The lowest BCUT2D eigenvalue weighted by Gasteiger charge is -2.24. The smallest absolute Gasteiger partial charge is 0.294 e. The predicted octanol–water partition coefficient (Wildman–Crippen LogP) is 8.49. The summed E-state index contributed by atoms with van der Waals surface area (Å²) in [4.78, 5) is 6.59. The molecular weight excluding hydrogens is 595 g/mol. The van der Waals surface area contributed by atoms with Crippen LogP contribution in [0.4, 0.5) is 17.1 Å². The van der Waals surface area contributed by atoms with Crippen molar-refractivity contribution in [1.29, 1.82) is 0 Å². The first kappa shape index (κ1) is 32.5. The zero-order chi connectivity index (χ0) is 32.5. The van der Waals surface area contributed by atoms with Crippen molar-refractivity contribution in [2.24, 2.45) is 4.99 Å². The second kappa shape index (κ2) is 14.9. The molecule has 8 heteroatoms. The number of hydrogen-bond donors (Lipinski definition) is 2. The number of ether oxygens (including phenoxy) is 1. The SMILES string of the molecule is CCN=C1C=CC(=C(c2ccc(Nc3ccc(OCC)cc3)cc2)c2ccc(N(CC)Cc3cccc(S(=O)(=O)O)c3)cc2)C=C1. The van der Waals surface area contributed by atoms with Crippen molar-refractivity contribution in [2.75, 3.05) is 29.9 Å². The van der Waals surface area contributed by atoms with E-state index in [1.54, 1.807) is 6.07 Å². The van der Waals surface area contributed by atoms with Crippen LogP contribution in [0.25, 0.3) is 5.57 Å². The Hall–Kier alpha value is -4.92. The van der Waals surface area contributed by atoms with E-state index in [1.165, 1.54) is 12.1 Å². The molecule has 0 heterocycles. The van der Waals surface area contributed by atoms with E-state index in [-0.39, 0.29) is 4.90 Å². The van der Waals surface area contributed by atoms with Gasteiger partial charge in [0.2, 0.25) is 0 Å². The Morgan fingerprint density at radius 3 is 1.98 bits per heavy atom. The first-order valence-electron chi connectivity index (χ1n) is 15.4. The Kier molecular flexibility index (Phi) is 10.5. The van der Waals surface area contributed by atoms with E-state index in [1.807, 2.05) is 44.2 Å². The number of benzene rings is 4. The van der Waals surface area contributed by atoms with Crippen LogP contribution in [0.5, 0.6) is 5.75 Å². The van der Waals surface area contributed by atoms with Gasteiger partial charge in [-0.1, -0.05) is 48.6 Å². The van der Waals surface area contributed by atoms with Crippen LogP contribution in [-0.2, 0) is 16.7 Å². The normalized spacial score (nSPS) is 12.6. The third-order valence-corrected chi connectivity index (χ3v) is 8.45. The maximum absolute atomic E-state index is 11.7. The van der Waals surface area contributed by atoms with Crippen LogP contribution in [0.1, 0.15) is 37.5 Å². The van der Waals surface area contributed by atoms with E-state index >= 15 is 0 Å². The third kappa shape index (κ3) is 8.21. The highest BCUT2D eigenvalue weighted by molar-refractivity contribution is 7.85. The summed E-state index contributed by atoms with van der Waals surface area (Å²) >= 11 is 0. The van der Waals surface area contributed by atoms with Gasteiger partial charge in [-0.05, 0) is 121 Å². The van der Waals surface area contributed by atoms with Crippen molar-refractivity contribution in [3.05, 3.63) is 144 Å². The quantitative estimate of drug-likeness (QED) is 0.152. The van der Waals surface area contributed by atoms with E-state index in [2.05, 4.69) is 95.0 Å². The lowest BCUT2D eigenvalue weighted by molar-refractivity contribution is 0.340. The summed E-state index contributed by atoms with van der Waals surface area (Å²) in [6.07, 6.45) is 8.33. The average Bonchev–Trinajstić information content (AvgIpc) is 3.07. The van der Waals surface area contributed by atoms with Gasteiger partial charge in [-0.15, -0.1) is 0 Å². The van der Waals surface area contributed by atoms with Crippen LogP contribution in [0.2, 0.25) is 0 Å². The first-order valence-corrected chi connectivity index (χ1v) is 16.9. The minimum atomic E-state index is -4.26. The summed E-state index contributed by atoms with van der Waals surface area (Å²) in [5, 5.41) is 3.47. The molecule has 1 aliphatic rings. The molecule has 0 aromatic heterocycles. The molecule has 0 fully saturated rings. The summed E-state index contributed by atoms with van der Waals surface area (Å²) < 4.78 is 38.4. The molecule has 0 atom stereocenters. The number of nitrogens with zero attached hydrogens (tertiary/aromatic N) is 2. The van der Waals surface area contributed by atoms with Gasteiger partial charge in [0.1, 0.15) is 5.75 Å². The molecule has 1 aliphatic carbocycles. The van der Waals surface area contributed by atoms with Crippen molar-refractivity contribution >= 4 is 38.5 Å². The molecule has 0 bridgehead atoms. The van der Waals surface area contributed by atoms with Crippen molar-refractivity contribution in [3.8, 4) is 5.75 Å². The average molecular weight is 634 g/mol. The van der Waals surface area contributed by atoms with Gasteiger partial charge in [-0.3, -0.25) is 9.55 Å². The van der Waals surface area contributed by atoms with E-state index < -0.39 is 10.1 Å². The standard InChI is InChI=1S/C38H39N3O4S/c1-4-39-32-16-10-29(11-17-32)38(30-12-18-33(19-13-30)40-34-20-24-36(25-21-34)45-6-3)31-14-22-35(23-15-31)41(5-2)27-28-8-7-9-37(26-28)46(42,43)44/h7-26,40H,4-6,27H2,1-3H3,(H,42,43,44). The topological polar surface area (TPSA) is 91.2 Å². The molecular formula is C38H39N3O4S. The number of aliphatic imine (C=N–C) groups is 1. The Morgan fingerprint density at radius 2 is 1.41 bits per heavy atom. The largest absolute Gasteiger partial charge is 0.494 e. The zero-order valence-corrected chi connectivity index (χ0v) is 27.2. The molecule has 4 aromatic carbocycles. The van der Waals surface area contributed by atoms with Crippen LogP contribution in [0, 0.1) is 0 Å². The molecule has 0 saturated heterocycles. The summed E-state index contributed by atoms with van der Waals surface area (Å²) in [6.45, 7) is 8.65. The van der Waals surface area contributed by atoms with E-state index in [4.69, 9.17) is 4.74 Å². The Balaban J connectivity index is 1.43. The molecule has 236 valence electrons.